The molecule has 1 saturated heterocycles. The van der Waals surface area contributed by atoms with Crippen LogP contribution >= 0.6 is 0 Å². The summed E-state index contributed by atoms with van der Waals surface area (Å²) >= 11 is 0. The molecule has 1 fully saturated rings. The minimum Gasteiger partial charge on any atom is -0.466 e. The number of esters is 1. The van der Waals surface area contributed by atoms with Crippen molar-refractivity contribution in [3.05, 3.63) is 11.6 Å². The molecule has 0 spiro atoms. The van der Waals surface area contributed by atoms with Crippen LogP contribution in [0.2, 0.25) is 0 Å². The summed E-state index contributed by atoms with van der Waals surface area (Å²) in [6.45, 7) is 5.91. The van der Waals surface area contributed by atoms with Gasteiger partial charge in [-0.05, 0) is 13.8 Å². The number of ether oxygens (including phenoxy) is 2. The molecule has 0 aromatic heterocycles. The number of aliphatic hydroxyl groups is 1. The second-order valence-corrected chi connectivity index (χ2v) is 4.35. The van der Waals surface area contributed by atoms with Gasteiger partial charge in [0.05, 0.1) is 25.9 Å². The van der Waals surface area contributed by atoms with Crippen molar-refractivity contribution < 1.29 is 19.4 Å². The zero-order valence-electron chi connectivity index (χ0n) is 10.7. The smallest absolute Gasteiger partial charge is 0.333 e. The second kappa shape index (κ2) is 6.74. The Morgan fingerprint density at radius 1 is 1.59 bits per heavy atom. The summed E-state index contributed by atoms with van der Waals surface area (Å²) in [5, 5.41) is 9.09. The van der Waals surface area contributed by atoms with E-state index in [1.165, 1.54) is 7.11 Å². The van der Waals surface area contributed by atoms with Crippen molar-refractivity contribution in [1.82, 2.24) is 4.90 Å². The van der Waals surface area contributed by atoms with E-state index in [2.05, 4.69) is 9.64 Å². The zero-order valence-corrected chi connectivity index (χ0v) is 10.7. The number of nitrogens with zero attached hydrogens (tertiary/aromatic N) is 1. The lowest BCUT2D eigenvalue weighted by molar-refractivity contribution is -0.136. The van der Waals surface area contributed by atoms with E-state index >= 15 is 0 Å². The van der Waals surface area contributed by atoms with Crippen LogP contribution < -0.4 is 0 Å². The van der Waals surface area contributed by atoms with E-state index in [1.54, 1.807) is 6.92 Å². The van der Waals surface area contributed by atoms with Crippen LogP contribution in [0.4, 0.5) is 0 Å². The molecule has 1 aliphatic heterocycles. The Morgan fingerprint density at radius 2 is 2.29 bits per heavy atom. The molecule has 1 rings (SSSR count). The Balaban J connectivity index is 2.48. The number of morpholine rings is 1. The highest BCUT2D eigenvalue weighted by Crippen LogP contribution is 2.11. The molecule has 0 radical (unpaired) electrons. The molecule has 1 N–H and O–H groups in total. The molecule has 5 heteroatoms. The lowest BCUT2D eigenvalue weighted by atomic mass is 10.2. The molecule has 1 aliphatic rings. The monoisotopic (exact) mass is 243 g/mol. The first kappa shape index (κ1) is 14.2. The maximum absolute atomic E-state index is 11.2. The molecular weight excluding hydrogens is 222 g/mol. The van der Waals surface area contributed by atoms with Crippen molar-refractivity contribution >= 4 is 5.97 Å². The first-order valence-corrected chi connectivity index (χ1v) is 5.80. The third kappa shape index (κ3) is 4.46. The summed E-state index contributed by atoms with van der Waals surface area (Å²) in [4.78, 5) is 13.3. The lowest BCUT2D eigenvalue weighted by Crippen LogP contribution is -2.47. The van der Waals surface area contributed by atoms with Crippen molar-refractivity contribution in [1.29, 1.82) is 0 Å². The largest absolute Gasteiger partial charge is 0.466 e. The number of rotatable bonds is 4. The number of carbonyl (C=O) groups is 1. The van der Waals surface area contributed by atoms with Gasteiger partial charge in [0, 0.05) is 25.2 Å². The average Bonchev–Trinajstić information content (AvgIpc) is 2.34. The van der Waals surface area contributed by atoms with Gasteiger partial charge in [0.25, 0.3) is 0 Å². The lowest BCUT2D eigenvalue weighted by Gasteiger charge is -2.35. The minimum atomic E-state index is -0.301. The third-order valence-electron chi connectivity index (χ3n) is 2.77. The molecule has 0 amide bonds. The molecule has 5 nitrogen and oxygen atoms in total. The highest BCUT2D eigenvalue weighted by molar-refractivity contribution is 5.87. The molecule has 17 heavy (non-hydrogen) atoms. The van der Waals surface area contributed by atoms with Gasteiger partial charge < -0.3 is 14.6 Å². The Labute approximate surface area is 102 Å². The average molecular weight is 243 g/mol. The van der Waals surface area contributed by atoms with E-state index in [4.69, 9.17) is 9.84 Å². The van der Waals surface area contributed by atoms with E-state index in [1.807, 2.05) is 13.0 Å². The van der Waals surface area contributed by atoms with E-state index in [9.17, 15) is 4.79 Å². The molecule has 0 aliphatic carbocycles. The Kier molecular flexibility index (Phi) is 5.61. The summed E-state index contributed by atoms with van der Waals surface area (Å²) in [7, 11) is 1.37. The number of aliphatic hydroxyl groups excluding tert-OH is 1. The topological polar surface area (TPSA) is 59.0 Å². The maximum atomic E-state index is 11.2. The van der Waals surface area contributed by atoms with E-state index in [-0.39, 0.29) is 24.8 Å². The Bertz CT molecular complexity index is 290. The van der Waals surface area contributed by atoms with E-state index < -0.39 is 0 Å². The highest BCUT2D eigenvalue weighted by atomic mass is 16.5. The van der Waals surface area contributed by atoms with Crippen LogP contribution in [0.15, 0.2) is 11.6 Å². The molecule has 0 aromatic rings. The first-order chi connectivity index (χ1) is 8.06. The van der Waals surface area contributed by atoms with E-state index in [0.717, 1.165) is 6.54 Å². The quantitative estimate of drug-likeness (QED) is 0.564. The number of hydrogen-bond donors (Lipinski definition) is 1. The summed E-state index contributed by atoms with van der Waals surface area (Å²) in [6.07, 6.45) is 1.82. The number of hydrogen-bond acceptors (Lipinski definition) is 5. The normalized spacial score (nSPS) is 26.9. The van der Waals surface area contributed by atoms with Gasteiger partial charge in [-0.15, -0.1) is 0 Å². The van der Waals surface area contributed by atoms with Crippen molar-refractivity contribution in [2.24, 2.45) is 0 Å². The van der Waals surface area contributed by atoms with Gasteiger partial charge in [-0.3, -0.25) is 4.90 Å². The van der Waals surface area contributed by atoms with Gasteiger partial charge in [-0.25, -0.2) is 4.79 Å². The van der Waals surface area contributed by atoms with E-state index in [0.29, 0.717) is 18.7 Å². The summed E-state index contributed by atoms with van der Waals surface area (Å²) in [5.41, 5.74) is 0.604. The van der Waals surface area contributed by atoms with Crippen molar-refractivity contribution in [3.8, 4) is 0 Å². The van der Waals surface area contributed by atoms with Gasteiger partial charge in [0.1, 0.15) is 0 Å². The maximum Gasteiger partial charge on any atom is 0.333 e. The van der Waals surface area contributed by atoms with Gasteiger partial charge in [0.15, 0.2) is 0 Å². The van der Waals surface area contributed by atoms with Crippen molar-refractivity contribution in [3.63, 3.8) is 0 Å². The molecule has 0 bridgehead atoms. The third-order valence-corrected chi connectivity index (χ3v) is 2.77. The second-order valence-electron chi connectivity index (χ2n) is 4.35. The standard InChI is InChI=1S/C12H21NO4/c1-9(12(15)16-3)4-5-13-6-10(2)17-11(7-13)8-14/h4,10-11,14H,5-8H2,1-3H3. The fraction of sp³-hybridized carbons (Fsp3) is 0.750. The molecule has 98 valence electrons. The molecule has 0 aromatic carbocycles. The summed E-state index contributed by atoms with van der Waals surface area (Å²) in [6, 6.07) is 0. The van der Waals surface area contributed by atoms with Gasteiger partial charge >= 0.3 is 5.97 Å². The first-order valence-electron chi connectivity index (χ1n) is 5.80. The molecule has 2 unspecified atom stereocenters. The predicted octanol–water partition coefficient (Wildman–Crippen LogP) is 0.187. The van der Waals surface area contributed by atoms with Crippen molar-refractivity contribution in [2.75, 3.05) is 33.4 Å². The van der Waals surface area contributed by atoms with Crippen LogP contribution in [0.5, 0.6) is 0 Å². The SMILES string of the molecule is COC(=O)C(C)=CCN1CC(C)OC(CO)C1. The van der Waals surface area contributed by atoms with Crippen LogP contribution in [-0.2, 0) is 14.3 Å². The highest BCUT2D eigenvalue weighted by Gasteiger charge is 2.23. The molecular formula is C12H21NO4. The van der Waals surface area contributed by atoms with Gasteiger partial charge in [0.2, 0.25) is 0 Å². The van der Waals surface area contributed by atoms with Crippen LogP contribution in [0.3, 0.4) is 0 Å². The number of methoxy groups -OCH3 is 1. The van der Waals surface area contributed by atoms with Crippen LogP contribution in [0.1, 0.15) is 13.8 Å². The molecule has 0 saturated carbocycles. The summed E-state index contributed by atoms with van der Waals surface area (Å²) < 4.78 is 10.2. The van der Waals surface area contributed by atoms with Crippen LogP contribution in [0.25, 0.3) is 0 Å². The predicted molar refractivity (Wildman–Crippen MR) is 63.6 cm³/mol. The van der Waals surface area contributed by atoms with Crippen LogP contribution in [0, 0.1) is 0 Å². The van der Waals surface area contributed by atoms with Crippen molar-refractivity contribution in [2.45, 2.75) is 26.1 Å². The fourth-order valence-corrected chi connectivity index (χ4v) is 1.90. The van der Waals surface area contributed by atoms with Gasteiger partial charge in [-0.1, -0.05) is 6.08 Å². The summed E-state index contributed by atoms with van der Waals surface area (Å²) in [5.74, 6) is -0.301. The molecule has 1 heterocycles. The fourth-order valence-electron chi connectivity index (χ4n) is 1.90. The molecule has 2 atom stereocenters. The van der Waals surface area contributed by atoms with Crippen LogP contribution in [-0.4, -0.2) is 61.5 Å². The zero-order chi connectivity index (χ0) is 12.8. The Morgan fingerprint density at radius 3 is 2.88 bits per heavy atom. The minimum absolute atomic E-state index is 0.0283. The number of carbonyl (C=O) groups excluding carboxylic acids is 1. The van der Waals surface area contributed by atoms with Gasteiger partial charge in [-0.2, -0.15) is 0 Å². The Hall–Kier alpha value is -0.910.